The van der Waals surface area contributed by atoms with Crippen LogP contribution >= 0.6 is 0 Å². The van der Waals surface area contributed by atoms with E-state index in [4.69, 9.17) is 4.98 Å². The number of rotatable bonds is 6. The maximum absolute atomic E-state index is 13.4. The van der Waals surface area contributed by atoms with E-state index in [-0.39, 0.29) is 20.8 Å². The maximum Gasteiger partial charge on any atom is 0.246 e. The number of benzene rings is 1. The third-order valence-electron chi connectivity index (χ3n) is 6.03. The fraction of sp³-hybridized carbons (Fsp3) is 0.542. The van der Waals surface area contributed by atoms with Gasteiger partial charge >= 0.3 is 0 Å². The molecule has 1 fully saturated rings. The normalized spacial score (nSPS) is 19.8. The molecule has 2 aliphatic rings. The zero-order chi connectivity index (χ0) is 20.5. The summed E-state index contributed by atoms with van der Waals surface area (Å²) in [5.74, 6) is 1.15. The number of halogens is 2. The van der Waals surface area contributed by atoms with Crippen LogP contribution in [0.1, 0.15) is 52.9 Å². The van der Waals surface area contributed by atoms with Crippen LogP contribution in [0.15, 0.2) is 24.4 Å². The molecule has 1 aromatic heterocycles. The molecule has 1 aromatic carbocycles. The van der Waals surface area contributed by atoms with Crippen LogP contribution in [0.2, 0.25) is 0 Å². The van der Waals surface area contributed by atoms with Gasteiger partial charge < -0.3 is 9.80 Å². The summed E-state index contributed by atoms with van der Waals surface area (Å²) in [7, 11) is 0. The standard InChI is InChI=1S/C22H26F2N4O.2CH4/c1-3-27-13-21(29)28(4-2)19-12-25-20(26-22(19)27)11-16-8-15(9-16)7-14-5-6-17(23)18(24)10-14;;/h5-6,10,12,15-16H,3-4,7-9,11,13H2,1-2H3;2*1H4. The highest BCUT2D eigenvalue weighted by Gasteiger charge is 2.32. The lowest BCUT2D eigenvalue weighted by atomic mass is 9.70. The minimum Gasteiger partial charge on any atom is -0.346 e. The Morgan fingerprint density at radius 2 is 1.74 bits per heavy atom. The molecule has 0 unspecified atom stereocenters. The predicted octanol–water partition coefficient (Wildman–Crippen LogP) is 5.03. The fourth-order valence-corrected chi connectivity index (χ4v) is 4.45. The first kappa shape index (κ1) is 24.7. The molecule has 0 bridgehead atoms. The summed E-state index contributed by atoms with van der Waals surface area (Å²) in [6, 6.07) is 4.17. The summed E-state index contributed by atoms with van der Waals surface area (Å²) in [4.78, 5) is 25.3. The number of carbonyl (C=O) groups is 1. The van der Waals surface area contributed by atoms with Crippen molar-refractivity contribution in [3.63, 3.8) is 0 Å². The highest BCUT2D eigenvalue weighted by atomic mass is 19.2. The lowest BCUT2D eigenvalue weighted by Gasteiger charge is -2.37. The molecule has 0 N–H and O–H groups in total. The average Bonchev–Trinajstić information content (AvgIpc) is 2.68. The number of aromatic nitrogens is 2. The molecule has 1 aliphatic heterocycles. The van der Waals surface area contributed by atoms with Gasteiger partial charge in [-0.15, -0.1) is 0 Å². The quantitative estimate of drug-likeness (QED) is 0.642. The SMILES string of the molecule is C.C.CCN1CC(=O)N(CC)c2cnc(CC3CC(Cc4ccc(F)c(F)c4)C3)nc21. The van der Waals surface area contributed by atoms with Gasteiger partial charge in [0, 0.05) is 19.5 Å². The molecule has 1 aliphatic carbocycles. The van der Waals surface area contributed by atoms with Gasteiger partial charge in [0.2, 0.25) is 5.91 Å². The van der Waals surface area contributed by atoms with Crippen molar-refractivity contribution >= 4 is 17.4 Å². The number of anilines is 2. The lowest BCUT2D eigenvalue weighted by molar-refractivity contribution is -0.117. The molecule has 0 radical (unpaired) electrons. The molecule has 0 saturated heterocycles. The zero-order valence-electron chi connectivity index (χ0n) is 16.9. The van der Waals surface area contributed by atoms with Gasteiger partial charge in [-0.2, -0.15) is 0 Å². The van der Waals surface area contributed by atoms with Gasteiger partial charge in [-0.1, -0.05) is 20.9 Å². The summed E-state index contributed by atoms with van der Waals surface area (Å²) in [5, 5.41) is 0. The number of amides is 1. The second kappa shape index (κ2) is 10.2. The summed E-state index contributed by atoms with van der Waals surface area (Å²) >= 11 is 0. The van der Waals surface area contributed by atoms with Crippen molar-refractivity contribution in [2.75, 3.05) is 29.4 Å². The van der Waals surface area contributed by atoms with E-state index >= 15 is 0 Å². The molecule has 7 heteroatoms. The topological polar surface area (TPSA) is 49.3 Å². The first-order valence-corrected chi connectivity index (χ1v) is 10.3. The van der Waals surface area contributed by atoms with Crippen LogP contribution < -0.4 is 9.80 Å². The van der Waals surface area contributed by atoms with E-state index in [1.54, 1.807) is 17.2 Å². The van der Waals surface area contributed by atoms with Gasteiger partial charge in [0.1, 0.15) is 11.5 Å². The third-order valence-corrected chi connectivity index (χ3v) is 6.03. The number of hydrogen-bond acceptors (Lipinski definition) is 4. The van der Waals surface area contributed by atoms with Crippen molar-refractivity contribution in [1.82, 2.24) is 9.97 Å². The molecule has 1 amide bonds. The Morgan fingerprint density at radius 1 is 1.03 bits per heavy atom. The molecule has 1 saturated carbocycles. The van der Waals surface area contributed by atoms with Crippen molar-refractivity contribution in [2.45, 2.75) is 54.4 Å². The van der Waals surface area contributed by atoms with E-state index < -0.39 is 11.6 Å². The highest BCUT2D eigenvalue weighted by Crippen LogP contribution is 2.39. The second-order valence-corrected chi connectivity index (χ2v) is 8.01. The van der Waals surface area contributed by atoms with Crippen LogP contribution in [0.25, 0.3) is 0 Å². The molecular formula is C24H34F2N4O. The summed E-state index contributed by atoms with van der Waals surface area (Å²) in [6.45, 7) is 5.67. The third kappa shape index (κ3) is 5.02. The van der Waals surface area contributed by atoms with E-state index in [1.807, 2.05) is 18.7 Å². The van der Waals surface area contributed by atoms with Crippen molar-refractivity contribution in [2.24, 2.45) is 11.8 Å². The minimum absolute atomic E-state index is 0. The van der Waals surface area contributed by atoms with Crippen LogP contribution in [0, 0.1) is 23.5 Å². The fourth-order valence-electron chi connectivity index (χ4n) is 4.45. The van der Waals surface area contributed by atoms with Gasteiger partial charge in [-0.25, -0.2) is 18.7 Å². The monoisotopic (exact) mass is 432 g/mol. The van der Waals surface area contributed by atoms with E-state index in [1.165, 1.54) is 12.1 Å². The predicted molar refractivity (Wildman–Crippen MR) is 121 cm³/mol. The van der Waals surface area contributed by atoms with Crippen LogP contribution in [0.5, 0.6) is 0 Å². The molecule has 4 rings (SSSR count). The number of likely N-dealkylation sites (N-methyl/N-ethyl adjacent to an activating group) is 2. The van der Waals surface area contributed by atoms with Crippen LogP contribution in [-0.4, -0.2) is 35.5 Å². The maximum atomic E-state index is 13.4. The number of fused-ring (bicyclic) bond motifs is 1. The highest BCUT2D eigenvalue weighted by molar-refractivity contribution is 6.02. The van der Waals surface area contributed by atoms with E-state index in [0.717, 1.165) is 55.1 Å². The Hall–Kier alpha value is -2.57. The van der Waals surface area contributed by atoms with E-state index in [0.29, 0.717) is 24.9 Å². The van der Waals surface area contributed by atoms with Crippen molar-refractivity contribution in [3.8, 4) is 0 Å². The van der Waals surface area contributed by atoms with Crippen molar-refractivity contribution < 1.29 is 13.6 Å². The first-order valence-electron chi connectivity index (χ1n) is 10.3. The summed E-state index contributed by atoms with van der Waals surface area (Å²) < 4.78 is 26.4. The number of hydrogen-bond donors (Lipinski definition) is 0. The van der Waals surface area contributed by atoms with Gasteiger partial charge in [-0.05, 0) is 62.6 Å². The Morgan fingerprint density at radius 3 is 2.39 bits per heavy atom. The Kier molecular flexibility index (Phi) is 8.09. The van der Waals surface area contributed by atoms with Crippen molar-refractivity contribution in [3.05, 3.63) is 47.4 Å². The molecule has 2 aromatic rings. The molecule has 170 valence electrons. The van der Waals surface area contributed by atoms with Gasteiger partial charge in [0.05, 0.1) is 12.7 Å². The van der Waals surface area contributed by atoms with Gasteiger partial charge in [0.15, 0.2) is 17.5 Å². The van der Waals surface area contributed by atoms with E-state index in [9.17, 15) is 13.6 Å². The Balaban J connectivity index is 0.00000171. The average molecular weight is 433 g/mol. The molecule has 31 heavy (non-hydrogen) atoms. The van der Waals surface area contributed by atoms with Crippen molar-refractivity contribution in [1.29, 1.82) is 0 Å². The van der Waals surface area contributed by atoms with Gasteiger partial charge in [-0.3, -0.25) is 4.79 Å². The number of carbonyl (C=O) groups excluding carboxylic acids is 1. The Labute approximate surface area is 184 Å². The summed E-state index contributed by atoms with van der Waals surface area (Å²) in [5.41, 5.74) is 1.64. The molecule has 0 spiro atoms. The summed E-state index contributed by atoms with van der Waals surface area (Å²) in [6.07, 6.45) is 5.43. The second-order valence-electron chi connectivity index (χ2n) is 8.01. The number of nitrogens with zero attached hydrogens (tertiary/aromatic N) is 4. The van der Waals surface area contributed by atoms with Gasteiger partial charge in [0.25, 0.3) is 0 Å². The smallest absolute Gasteiger partial charge is 0.246 e. The van der Waals surface area contributed by atoms with Crippen LogP contribution in [-0.2, 0) is 17.6 Å². The molecule has 2 heterocycles. The molecule has 0 atom stereocenters. The zero-order valence-corrected chi connectivity index (χ0v) is 16.9. The molecular weight excluding hydrogens is 398 g/mol. The lowest BCUT2D eigenvalue weighted by Crippen LogP contribution is -2.46. The Bertz CT molecular complexity index is 914. The van der Waals surface area contributed by atoms with Crippen LogP contribution in [0.4, 0.5) is 20.3 Å². The molecule has 5 nitrogen and oxygen atoms in total. The minimum atomic E-state index is -0.797. The van der Waals surface area contributed by atoms with Crippen LogP contribution in [0.3, 0.4) is 0 Å². The largest absolute Gasteiger partial charge is 0.346 e. The first-order chi connectivity index (χ1) is 14.0. The van der Waals surface area contributed by atoms with E-state index in [2.05, 4.69) is 4.98 Å².